The van der Waals surface area contributed by atoms with E-state index in [1.807, 2.05) is 43.5 Å². The number of halogens is 1. The van der Waals surface area contributed by atoms with E-state index in [-0.39, 0.29) is 0 Å². The van der Waals surface area contributed by atoms with E-state index in [9.17, 15) is 0 Å². The van der Waals surface area contributed by atoms with Crippen LogP contribution in [0.3, 0.4) is 0 Å². The van der Waals surface area contributed by atoms with Crippen molar-refractivity contribution in [2.45, 2.75) is 13.8 Å². The zero-order chi connectivity index (χ0) is 16.4. The Labute approximate surface area is 138 Å². The van der Waals surface area contributed by atoms with Crippen LogP contribution in [0.4, 0.5) is 0 Å². The highest BCUT2D eigenvalue weighted by molar-refractivity contribution is 6.33. The first-order chi connectivity index (χ1) is 11.1. The number of ether oxygens (including phenoxy) is 1. The lowest BCUT2D eigenvalue weighted by atomic mass is 10.2. The maximum Gasteiger partial charge on any atom is 0.231 e. The molecule has 3 heterocycles. The molecular formula is C17H16ClN3O2. The molecule has 6 heteroatoms. The van der Waals surface area contributed by atoms with Crippen LogP contribution in [-0.4, -0.2) is 22.1 Å². The molecule has 4 rings (SSSR count). The van der Waals surface area contributed by atoms with Crippen LogP contribution in [0.25, 0.3) is 22.0 Å². The summed E-state index contributed by atoms with van der Waals surface area (Å²) < 4.78 is 10.4. The fourth-order valence-electron chi connectivity index (χ4n) is 2.27. The van der Waals surface area contributed by atoms with Gasteiger partial charge in [0.05, 0.1) is 12.5 Å². The molecule has 4 aromatic rings. The lowest BCUT2D eigenvalue weighted by Gasteiger charge is -1.97. The van der Waals surface area contributed by atoms with Crippen LogP contribution in [-0.2, 0) is 0 Å². The van der Waals surface area contributed by atoms with Crippen molar-refractivity contribution in [3.8, 4) is 5.75 Å². The van der Waals surface area contributed by atoms with E-state index in [2.05, 4.69) is 15.0 Å². The van der Waals surface area contributed by atoms with E-state index >= 15 is 0 Å². The SMILES string of the molecule is COc1ccc2[nH]ccc2c1.Cc1nc(Cl)c2cc(C)oc2n1. The minimum atomic E-state index is 0.453. The molecule has 0 aliphatic heterocycles. The molecule has 0 atom stereocenters. The smallest absolute Gasteiger partial charge is 0.231 e. The highest BCUT2D eigenvalue weighted by atomic mass is 35.5. The Balaban J connectivity index is 0.000000136. The van der Waals surface area contributed by atoms with Crippen molar-refractivity contribution in [2.24, 2.45) is 0 Å². The molecule has 0 amide bonds. The third kappa shape index (κ3) is 3.29. The van der Waals surface area contributed by atoms with Crippen molar-refractivity contribution in [2.75, 3.05) is 7.11 Å². The largest absolute Gasteiger partial charge is 0.497 e. The number of aryl methyl sites for hydroxylation is 2. The average molecular weight is 330 g/mol. The van der Waals surface area contributed by atoms with Crippen LogP contribution in [0.5, 0.6) is 5.75 Å². The predicted molar refractivity (Wildman–Crippen MR) is 91.1 cm³/mol. The zero-order valence-corrected chi connectivity index (χ0v) is 13.8. The molecule has 0 unspecified atom stereocenters. The molecule has 5 nitrogen and oxygen atoms in total. The van der Waals surface area contributed by atoms with E-state index in [4.69, 9.17) is 20.8 Å². The maximum atomic E-state index is 5.86. The van der Waals surface area contributed by atoms with Gasteiger partial charge in [0, 0.05) is 17.1 Å². The van der Waals surface area contributed by atoms with Gasteiger partial charge in [0.2, 0.25) is 5.71 Å². The number of methoxy groups -OCH3 is 1. The van der Waals surface area contributed by atoms with Gasteiger partial charge in [0.1, 0.15) is 22.5 Å². The quantitative estimate of drug-likeness (QED) is 0.515. The fourth-order valence-corrected chi connectivity index (χ4v) is 2.52. The Morgan fingerprint density at radius 3 is 2.74 bits per heavy atom. The molecule has 0 radical (unpaired) electrons. The highest BCUT2D eigenvalue weighted by Gasteiger charge is 2.07. The highest BCUT2D eigenvalue weighted by Crippen LogP contribution is 2.23. The number of rotatable bonds is 1. The van der Waals surface area contributed by atoms with Crippen molar-refractivity contribution >= 4 is 33.6 Å². The second-order valence-corrected chi connectivity index (χ2v) is 5.43. The van der Waals surface area contributed by atoms with Crippen LogP contribution in [0.2, 0.25) is 5.15 Å². The molecular weight excluding hydrogens is 314 g/mol. The number of hydrogen-bond donors (Lipinski definition) is 1. The number of hydrogen-bond acceptors (Lipinski definition) is 4. The van der Waals surface area contributed by atoms with Gasteiger partial charge < -0.3 is 14.1 Å². The Kier molecular flexibility index (Phi) is 4.21. The standard InChI is InChI=1S/C9H9NO.C8H7ClN2O/c1-11-8-2-3-9-7(6-8)4-5-10-9;1-4-3-6-7(9)10-5(2)11-8(6)12-4/h2-6,10H,1H3;3H,1-2H3. The normalized spacial score (nSPS) is 10.6. The molecule has 3 aromatic heterocycles. The lowest BCUT2D eigenvalue weighted by Crippen LogP contribution is -1.86. The van der Waals surface area contributed by atoms with Crippen LogP contribution in [0.1, 0.15) is 11.6 Å². The monoisotopic (exact) mass is 329 g/mol. The molecule has 118 valence electrons. The molecule has 1 aromatic carbocycles. The first-order valence-corrected chi connectivity index (χ1v) is 7.46. The summed E-state index contributed by atoms with van der Waals surface area (Å²) in [5.41, 5.74) is 1.70. The molecule has 0 fully saturated rings. The third-order valence-corrected chi connectivity index (χ3v) is 3.63. The van der Waals surface area contributed by atoms with Gasteiger partial charge in [0.25, 0.3) is 0 Å². The minimum absolute atomic E-state index is 0.453. The van der Waals surface area contributed by atoms with Crippen molar-refractivity contribution in [3.63, 3.8) is 0 Å². The summed E-state index contributed by atoms with van der Waals surface area (Å²) in [6.07, 6.45) is 1.92. The summed E-state index contributed by atoms with van der Waals surface area (Å²) in [7, 11) is 1.67. The molecule has 0 aliphatic rings. The molecule has 0 spiro atoms. The van der Waals surface area contributed by atoms with Crippen molar-refractivity contribution < 1.29 is 9.15 Å². The number of nitrogens with zero attached hydrogens (tertiary/aromatic N) is 2. The summed E-state index contributed by atoms with van der Waals surface area (Å²) in [5.74, 6) is 2.32. The van der Waals surface area contributed by atoms with Gasteiger partial charge >= 0.3 is 0 Å². The first-order valence-electron chi connectivity index (χ1n) is 7.08. The topological polar surface area (TPSA) is 63.9 Å². The first kappa shape index (κ1) is 15.4. The van der Waals surface area contributed by atoms with Crippen molar-refractivity contribution in [1.29, 1.82) is 0 Å². The summed E-state index contributed by atoms with van der Waals surface area (Å²) >= 11 is 5.86. The van der Waals surface area contributed by atoms with E-state index in [0.29, 0.717) is 16.7 Å². The number of H-pyrrole nitrogens is 1. The average Bonchev–Trinajstić information content (AvgIpc) is 3.12. The molecule has 0 aliphatic carbocycles. The molecule has 1 N–H and O–H groups in total. The number of nitrogens with one attached hydrogen (secondary N) is 1. The van der Waals surface area contributed by atoms with Gasteiger partial charge in [-0.1, -0.05) is 11.6 Å². The van der Waals surface area contributed by atoms with Crippen LogP contribution in [0, 0.1) is 13.8 Å². The lowest BCUT2D eigenvalue weighted by molar-refractivity contribution is 0.415. The maximum absolute atomic E-state index is 5.86. The van der Waals surface area contributed by atoms with E-state index < -0.39 is 0 Å². The number of furan rings is 1. The Hall–Kier alpha value is -2.53. The van der Waals surface area contributed by atoms with Gasteiger partial charge in [0.15, 0.2) is 0 Å². The summed E-state index contributed by atoms with van der Waals surface area (Å²) in [4.78, 5) is 11.2. The van der Waals surface area contributed by atoms with Gasteiger partial charge in [-0.2, -0.15) is 4.98 Å². The fraction of sp³-hybridized carbons (Fsp3) is 0.176. The molecule has 0 saturated carbocycles. The summed E-state index contributed by atoms with van der Waals surface area (Å²) in [6.45, 7) is 3.64. The van der Waals surface area contributed by atoms with Crippen LogP contribution >= 0.6 is 11.6 Å². The van der Waals surface area contributed by atoms with Crippen molar-refractivity contribution in [1.82, 2.24) is 15.0 Å². The Bertz CT molecular complexity index is 959. The third-order valence-electron chi connectivity index (χ3n) is 3.34. The predicted octanol–water partition coefficient (Wildman–Crippen LogP) is 4.67. The molecule has 0 saturated heterocycles. The Morgan fingerprint density at radius 2 is 1.96 bits per heavy atom. The molecule has 0 bridgehead atoms. The van der Waals surface area contributed by atoms with Gasteiger partial charge in [-0.25, -0.2) is 4.98 Å². The van der Waals surface area contributed by atoms with Gasteiger partial charge in [-0.05, 0) is 44.2 Å². The Morgan fingerprint density at radius 1 is 1.13 bits per heavy atom. The van der Waals surface area contributed by atoms with E-state index in [0.717, 1.165) is 22.4 Å². The summed E-state index contributed by atoms with van der Waals surface area (Å²) in [6, 6.07) is 9.81. The van der Waals surface area contributed by atoms with Gasteiger partial charge in [-0.15, -0.1) is 0 Å². The number of fused-ring (bicyclic) bond motifs is 2. The van der Waals surface area contributed by atoms with Crippen LogP contribution < -0.4 is 4.74 Å². The second-order valence-electron chi connectivity index (χ2n) is 5.07. The second kappa shape index (κ2) is 6.30. The summed E-state index contributed by atoms with van der Waals surface area (Å²) in [5, 5.41) is 2.42. The van der Waals surface area contributed by atoms with Gasteiger partial charge in [-0.3, -0.25) is 0 Å². The number of aromatic nitrogens is 3. The number of benzene rings is 1. The van der Waals surface area contributed by atoms with E-state index in [1.165, 1.54) is 5.39 Å². The number of aromatic amines is 1. The zero-order valence-electron chi connectivity index (χ0n) is 13.1. The van der Waals surface area contributed by atoms with Crippen molar-refractivity contribution in [3.05, 3.63) is 53.3 Å². The van der Waals surface area contributed by atoms with Crippen LogP contribution in [0.15, 0.2) is 40.9 Å². The minimum Gasteiger partial charge on any atom is -0.497 e. The molecule has 23 heavy (non-hydrogen) atoms. The van der Waals surface area contributed by atoms with E-state index in [1.54, 1.807) is 14.0 Å².